The quantitative estimate of drug-likeness (QED) is 0.667. The van der Waals surface area contributed by atoms with Gasteiger partial charge in [-0.1, -0.05) is 16.9 Å². The molecule has 0 bridgehead atoms. The van der Waals surface area contributed by atoms with Crippen LogP contribution in [0.5, 0.6) is 0 Å². The summed E-state index contributed by atoms with van der Waals surface area (Å²) in [6.45, 7) is 4.33. The summed E-state index contributed by atoms with van der Waals surface area (Å²) in [6.07, 6.45) is 16.2. The van der Waals surface area contributed by atoms with E-state index in [9.17, 15) is 0 Å². The molecule has 0 N–H and O–H groups in total. The predicted molar refractivity (Wildman–Crippen MR) is 60.6 cm³/mol. The molecule has 1 aromatic heterocycles. The van der Waals surface area contributed by atoms with Crippen molar-refractivity contribution in [1.29, 1.82) is 0 Å². The van der Waals surface area contributed by atoms with E-state index in [1.54, 1.807) is 0 Å². The molecule has 1 aliphatic heterocycles. The Kier molecular flexibility index (Phi) is 2.72. The van der Waals surface area contributed by atoms with Gasteiger partial charge in [-0.2, -0.15) is 4.68 Å². The fourth-order valence-electron chi connectivity index (χ4n) is 1.54. The molecule has 2 heterocycles. The van der Waals surface area contributed by atoms with Crippen LogP contribution in [0.2, 0.25) is 0 Å². The van der Waals surface area contributed by atoms with Crippen molar-refractivity contribution in [3.63, 3.8) is 0 Å². The lowest BCUT2D eigenvalue weighted by Crippen LogP contribution is -2.50. The van der Waals surface area contributed by atoms with E-state index in [1.165, 1.54) is 0 Å². The Morgan fingerprint density at radius 2 is 1.67 bits per heavy atom. The van der Waals surface area contributed by atoms with Crippen molar-refractivity contribution in [2.45, 2.75) is 19.9 Å². The standard InChI is InChI=1S/C12H16N3/c1-12(2)14-10-7-11-15(14)13-8-5-3-4-6-9-13/h3-12H,1-2H3/q+1. The number of nitrogens with zero attached hydrogens (tertiary/aromatic N) is 3. The smallest absolute Gasteiger partial charge is 0.117 e. The molecule has 78 valence electrons. The minimum absolute atomic E-state index is 0.443. The number of allylic oxidation sites excluding steroid dienone is 4. The largest absolute Gasteiger partial charge is 0.161 e. The van der Waals surface area contributed by atoms with E-state index in [4.69, 9.17) is 0 Å². The first-order valence-corrected chi connectivity index (χ1v) is 5.18. The highest BCUT2D eigenvalue weighted by Gasteiger charge is 2.13. The second-order valence-corrected chi connectivity index (χ2v) is 3.73. The Hall–Kier alpha value is -1.77. The van der Waals surface area contributed by atoms with E-state index in [-0.39, 0.29) is 0 Å². The van der Waals surface area contributed by atoms with Crippen LogP contribution in [0.15, 0.2) is 55.2 Å². The highest BCUT2D eigenvalue weighted by Crippen LogP contribution is 1.99. The van der Waals surface area contributed by atoms with Crippen LogP contribution in [0.4, 0.5) is 0 Å². The average molecular weight is 202 g/mol. The van der Waals surface area contributed by atoms with Crippen LogP contribution < -0.4 is 9.69 Å². The molecule has 0 fully saturated rings. The molecule has 0 aliphatic carbocycles. The third kappa shape index (κ3) is 2.01. The Morgan fingerprint density at radius 1 is 1.00 bits per heavy atom. The van der Waals surface area contributed by atoms with Crippen LogP contribution >= 0.6 is 0 Å². The van der Waals surface area contributed by atoms with E-state index in [2.05, 4.69) is 29.5 Å². The van der Waals surface area contributed by atoms with Crippen LogP contribution in [0.1, 0.15) is 19.9 Å². The zero-order valence-electron chi connectivity index (χ0n) is 9.12. The molecule has 0 amide bonds. The highest BCUT2D eigenvalue weighted by atomic mass is 15.7. The molecule has 1 aromatic rings. The van der Waals surface area contributed by atoms with Crippen molar-refractivity contribution < 1.29 is 4.68 Å². The summed E-state index contributed by atoms with van der Waals surface area (Å²) < 4.78 is 2.17. The van der Waals surface area contributed by atoms with Crippen molar-refractivity contribution in [1.82, 2.24) is 4.79 Å². The van der Waals surface area contributed by atoms with Crippen molar-refractivity contribution in [2.24, 2.45) is 0 Å². The first-order valence-electron chi connectivity index (χ1n) is 5.18. The van der Waals surface area contributed by atoms with E-state index >= 15 is 0 Å². The molecular weight excluding hydrogens is 186 g/mol. The molecule has 3 heteroatoms. The number of rotatable bonds is 2. The van der Waals surface area contributed by atoms with Gasteiger partial charge in [-0.05, 0) is 26.0 Å². The summed E-state index contributed by atoms with van der Waals surface area (Å²) in [6, 6.07) is 2.48. The Labute approximate surface area is 90.2 Å². The van der Waals surface area contributed by atoms with Gasteiger partial charge in [0, 0.05) is 6.07 Å². The molecule has 1 aliphatic rings. The van der Waals surface area contributed by atoms with Gasteiger partial charge in [-0.3, -0.25) is 0 Å². The Balaban J connectivity index is 2.33. The minimum Gasteiger partial charge on any atom is -0.161 e. The van der Waals surface area contributed by atoms with Gasteiger partial charge in [0.1, 0.15) is 24.6 Å². The first-order chi connectivity index (χ1) is 7.29. The van der Waals surface area contributed by atoms with Crippen LogP contribution in [0.25, 0.3) is 0 Å². The Morgan fingerprint density at radius 3 is 2.27 bits per heavy atom. The molecule has 0 atom stereocenters. The highest BCUT2D eigenvalue weighted by molar-refractivity contribution is 5.23. The monoisotopic (exact) mass is 202 g/mol. The molecule has 0 spiro atoms. The summed E-state index contributed by atoms with van der Waals surface area (Å²) in [5.74, 6) is 0. The van der Waals surface area contributed by atoms with Gasteiger partial charge in [0.25, 0.3) is 0 Å². The molecule has 0 unspecified atom stereocenters. The summed E-state index contributed by atoms with van der Waals surface area (Å²) >= 11 is 0. The van der Waals surface area contributed by atoms with Gasteiger partial charge < -0.3 is 0 Å². The van der Waals surface area contributed by atoms with E-state index in [0.29, 0.717) is 6.04 Å². The maximum absolute atomic E-state index is 2.17. The number of hydrogen-bond acceptors (Lipinski definition) is 1. The fourth-order valence-corrected chi connectivity index (χ4v) is 1.54. The second kappa shape index (κ2) is 4.17. The van der Waals surface area contributed by atoms with Crippen molar-refractivity contribution >= 4 is 0 Å². The number of aromatic nitrogens is 2. The molecule has 0 saturated carbocycles. The van der Waals surface area contributed by atoms with Gasteiger partial charge in [0.15, 0.2) is 0 Å². The third-order valence-electron chi connectivity index (χ3n) is 2.27. The lowest BCUT2D eigenvalue weighted by atomic mass is 10.4. The SMILES string of the molecule is CC(C)[n+]1cccn1N1C=CC=CC=C1. The first kappa shape index (κ1) is 9.77. The van der Waals surface area contributed by atoms with Gasteiger partial charge in [-0.25, -0.2) is 0 Å². The van der Waals surface area contributed by atoms with E-state index in [1.807, 2.05) is 54.0 Å². The maximum Gasteiger partial charge on any atom is 0.117 e. The molecule has 15 heavy (non-hydrogen) atoms. The number of hydrogen-bond donors (Lipinski definition) is 0. The van der Waals surface area contributed by atoms with Crippen molar-refractivity contribution in [3.05, 3.63) is 55.2 Å². The fraction of sp³-hybridized carbons (Fsp3) is 0.250. The lowest BCUT2D eigenvalue weighted by molar-refractivity contribution is -0.790. The van der Waals surface area contributed by atoms with Crippen LogP contribution in [-0.4, -0.2) is 4.79 Å². The summed E-state index contributed by atoms with van der Waals surface area (Å²) in [4.78, 5) is 2.07. The molecule has 0 aromatic carbocycles. The van der Waals surface area contributed by atoms with Gasteiger partial charge in [0.2, 0.25) is 0 Å². The maximum atomic E-state index is 2.17. The molecule has 0 saturated heterocycles. The van der Waals surface area contributed by atoms with E-state index in [0.717, 1.165) is 0 Å². The van der Waals surface area contributed by atoms with Gasteiger partial charge in [0.05, 0.1) is 6.20 Å². The topological polar surface area (TPSA) is 12.0 Å². The third-order valence-corrected chi connectivity index (χ3v) is 2.27. The molecule has 3 nitrogen and oxygen atoms in total. The van der Waals surface area contributed by atoms with Crippen molar-refractivity contribution in [2.75, 3.05) is 5.01 Å². The van der Waals surface area contributed by atoms with Gasteiger partial charge >= 0.3 is 0 Å². The van der Waals surface area contributed by atoms with Crippen LogP contribution in [0.3, 0.4) is 0 Å². The zero-order chi connectivity index (χ0) is 10.7. The lowest BCUT2D eigenvalue weighted by Gasteiger charge is -2.13. The summed E-state index contributed by atoms with van der Waals surface area (Å²) in [7, 11) is 0. The Bertz CT molecular complexity index is 394. The summed E-state index contributed by atoms with van der Waals surface area (Å²) in [5.41, 5.74) is 0. The zero-order valence-corrected chi connectivity index (χ0v) is 9.12. The second-order valence-electron chi connectivity index (χ2n) is 3.73. The van der Waals surface area contributed by atoms with E-state index < -0.39 is 0 Å². The van der Waals surface area contributed by atoms with Crippen LogP contribution in [-0.2, 0) is 0 Å². The molecular formula is C12H16N3+. The van der Waals surface area contributed by atoms with Gasteiger partial charge in [-0.15, -0.1) is 5.01 Å². The summed E-state index contributed by atoms with van der Waals surface area (Å²) in [5, 5.41) is 2.04. The molecule has 0 radical (unpaired) electrons. The minimum atomic E-state index is 0.443. The predicted octanol–water partition coefficient (Wildman–Crippen LogP) is 1.89. The molecule has 2 rings (SSSR count). The van der Waals surface area contributed by atoms with Crippen LogP contribution in [0, 0.1) is 0 Å². The normalized spacial score (nSPS) is 15.0. The van der Waals surface area contributed by atoms with Crippen molar-refractivity contribution in [3.8, 4) is 0 Å². The average Bonchev–Trinajstić information content (AvgIpc) is 2.55.